The van der Waals surface area contributed by atoms with E-state index in [4.69, 9.17) is 4.74 Å². The van der Waals surface area contributed by atoms with E-state index in [1.54, 1.807) is 11.6 Å². The summed E-state index contributed by atoms with van der Waals surface area (Å²) in [6.07, 6.45) is -0.760. The lowest BCUT2D eigenvalue weighted by atomic mass is 10.1. The minimum Gasteiger partial charge on any atom is -0.387 e. The van der Waals surface area contributed by atoms with E-state index in [9.17, 15) is 14.7 Å². The highest BCUT2D eigenvalue weighted by Crippen LogP contribution is 2.20. The zero-order valence-electron chi connectivity index (χ0n) is 13.0. The number of hydrogen-bond acceptors (Lipinski definition) is 5. The number of aliphatic hydroxyl groups excluding tert-OH is 1. The third-order valence-corrected chi connectivity index (χ3v) is 4.14. The van der Waals surface area contributed by atoms with Crippen LogP contribution in [0.25, 0.3) is 0 Å². The van der Waals surface area contributed by atoms with Crippen LogP contribution in [0.2, 0.25) is 0 Å². The predicted molar refractivity (Wildman–Crippen MR) is 83.3 cm³/mol. The van der Waals surface area contributed by atoms with E-state index in [0.717, 1.165) is 4.90 Å². The minimum absolute atomic E-state index is 0.0126. The number of aliphatic hydroxyl groups is 1. The molecule has 0 bridgehead atoms. The number of hydrogen-bond donors (Lipinski definition) is 1. The molecule has 0 aliphatic carbocycles. The summed E-state index contributed by atoms with van der Waals surface area (Å²) in [4.78, 5) is 30.9. The molecule has 1 N–H and O–H groups in total. The number of nitrogens with zero attached hydrogens (tertiary/aromatic N) is 4. The van der Waals surface area contributed by atoms with Crippen molar-refractivity contribution in [2.75, 3.05) is 27.2 Å². The largest absolute Gasteiger partial charge is 0.387 e. The molecule has 1 fully saturated rings. The average molecular weight is 376 g/mol. The maximum absolute atomic E-state index is 12.4. The first-order valence-electron chi connectivity index (χ1n) is 6.96. The average Bonchev–Trinajstić information content (AvgIpc) is 2.78. The molecule has 0 spiro atoms. The minimum atomic E-state index is -0.773. The summed E-state index contributed by atoms with van der Waals surface area (Å²) in [5.41, 5.74) is 0. The Bertz CT molecular complexity index is 560. The zero-order valence-corrected chi connectivity index (χ0v) is 14.6. The normalized spacial score (nSPS) is 23.4. The number of amidine groups is 2. The number of aliphatic imine (C=N–C) groups is 1. The Hall–Kier alpha value is -1.32. The number of imide groups is 1. The molecular formula is C13H20BrN4O4+. The van der Waals surface area contributed by atoms with Crippen molar-refractivity contribution in [3.05, 3.63) is 0 Å². The van der Waals surface area contributed by atoms with Crippen LogP contribution in [0.15, 0.2) is 4.99 Å². The Morgan fingerprint density at radius 3 is 2.59 bits per heavy atom. The van der Waals surface area contributed by atoms with Crippen molar-refractivity contribution in [2.45, 2.75) is 32.1 Å². The highest BCUT2D eigenvalue weighted by atomic mass is 79.9. The first-order valence-corrected chi connectivity index (χ1v) is 7.76. The molecule has 0 saturated carbocycles. The monoisotopic (exact) mass is 375 g/mol. The van der Waals surface area contributed by atoms with E-state index in [1.807, 2.05) is 13.8 Å². The number of fused-ring (bicyclic) bond motifs is 1. The first-order chi connectivity index (χ1) is 10.2. The van der Waals surface area contributed by atoms with E-state index in [2.05, 4.69) is 20.9 Å². The van der Waals surface area contributed by atoms with Crippen LogP contribution in [0.3, 0.4) is 0 Å². The van der Waals surface area contributed by atoms with Gasteiger partial charge in [-0.3, -0.25) is 14.6 Å². The van der Waals surface area contributed by atoms with E-state index in [1.165, 1.54) is 11.9 Å². The molecule has 22 heavy (non-hydrogen) atoms. The molecule has 0 radical (unpaired) electrons. The number of carbonyl (C=O) groups excluding carboxylic acids is 2. The summed E-state index contributed by atoms with van der Waals surface area (Å²) in [5, 5.41) is 10.1. The molecule has 2 atom stereocenters. The van der Waals surface area contributed by atoms with Crippen molar-refractivity contribution in [3.8, 4) is 0 Å². The molecule has 9 heteroatoms. The van der Waals surface area contributed by atoms with Crippen LogP contribution in [0, 0.1) is 0 Å². The highest BCUT2D eigenvalue weighted by Gasteiger charge is 2.52. The Labute approximate surface area is 137 Å². The summed E-state index contributed by atoms with van der Waals surface area (Å²) in [7, 11) is 3.00. The fourth-order valence-corrected chi connectivity index (χ4v) is 2.86. The number of rotatable bonds is 5. The van der Waals surface area contributed by atoms with Crippen LogP contribution in [-0.2, 0) is 9.53 Å². The van der Waals surface area contributed by atoms with Crippen molar-refractivity contribution < 1.29 is 24.0 Å². The number of carbonyl (C=O) groups is 2. The van der Waals surface area contributed by atoms with Gasteiger partial charge in [-0.2, -0.15) is 0 Å². The number of amides is 3. The number of β-amino-alcohol motifs (C(OH)–C–C–N with tert-alkyl or cyclic N) is 1. The summed E-state index contributed by atoms with van der Waals surface area (Å²) in [6.45, 7) is 4.10. The van der Waals surface area contributed by atoms with Gasteiger partial charge in [-0.05, 0) is 18.8 Å². The van der Waals surface area contributed by atoms with Gasteiger partial charge in [0.25, 0.3) is 17.8 Å². The van der Waals surface area contributed by atoms with Crippen molar-refractivity contribution >= 4 is 38.4 Å². The molecule has 0 aromatic rings. The molecule has 1 saturated heterocycles. The van der Waals surface area contributed by atoms with Gasteiger partial charge in [-0.15, -0.1) is 0 Å². The molecule has 2 unspecified atom stereocenters. The second-order valence-corrected chi connectivity index (χ2v) is 6.28. The summed E-state index contributed by atoms with van der Waals surface area (Å²) in [6, 6.07) is -1.14. The molecule has 0 aromatic carbocycles. The molecule has 2 rings (SSSR count). The second-order valence-electron chi connectivity index (χ2n) is 5.57. The van der Waals surface area contributed by atoms with Gasteiger partial charge in [-0.1, -0.05) is 0 Å². The molecular weight excluding hydrogens is 356 g/mol. The smallest absolute Gasteiger partial charge is 0.364 e. The maximum atomic E-state index is 12.4. The second kappa shape index (κ2) is 6.43. The molecule has 2 heterocycles. The van der Waals surface area contributed by atoms with Crippen LogP contribution in [0.4, 0.5) is 4.79 Å². The van der Waals surface area contributed by atoms with Crippen LogP contribution < -0.4 is 0 Å². The van der Waals surface area contributed by atoms with Crippen molar-refractivity contribution in [1.29, 1.82) is 0 Å². The highest BCUT2D eigenvalue weighted by molar-refractivity contribution is 9.18. The van der Waals surface area contributed by atoms with Crippen LogP contribution in [-0.4, -0.2) is 87.5 Å². The number of urea groups is 1. The Morgan fingerprint density at radius 1 is 1.36 bits per heavy atom. The van der Waals surface area contributed by atoms with E-state index < -0.39 is 18.2 Å². The lowest BCUT2D eigenvalue weighted by Crippen LogP contribution is -2.62. The molecule has 0 aromatic heterocycles. The van der Waals surface area contributed by atoms with Gasteiger partial charge in [0.2, 0.25) is 0 Å². The fourth-order valence-electron chi connectivity index (χ4n) is 2.33. The molecule has 8 nitrogen and oxygen atoms in total. The van der Waals surface area contributed by atoms with Crippen molar-refractivity contribution in [2.24, 2.45) is 4.99 Å². The predicted octanol–water partition coefficient (Wildman–Crippen LogP) is -0.160. The third-order valence-electron chi connectivity index (χ3n) is 3.51. The van der Waals surface area contributed by atoms with Crippen molar-refractivity contribution in [1.82, 2.24) is 9.80 Å². The van der Waals surface area contributed by atoms with Gasteiger partial charge < -0.3 is 9.84 Å². The molecule has 3 amide bonds. The van der Waals surface area contributed by atoms with E-state index >= 15 is 0 Å². The van der Waals surface area contributed by atoms with Gasteiger partial charge >= 0.3 is 10.8 Å². The zero-order chi connectivity index (χ0) is 16.6. The topological polar surface area (TPSA) is 85.5 Å². The third kappa shape index (κ3) is 3.06. The van der Waals surface area contributed by atoms with Gasteiger partial charge in [-0.25, -0.2) is 9.37 Å². The summed E-state index contributed by atoms with van der Waals surface area (Å²) in [5.74, 6) is -0.00905. The Balaban J connectivity index is 2.16. The SMILES string of the molecule is CC(C)OCC(O)C[N+]1=C(Br)N=C2C1C(=O)N(C)C(=O)N2C. The molecule has 2 aliphatic heterocycles. The van der Waals surface area contributed by atoms with E-state index in [-0.39, 0.29) is 25.2 Å². The van der Waals surface area contributed by atoms with Crippen LogP contribution in [0.1, 0.15) is 13.8 Å². The quantitative estimate of drug-likeness (QED) is 0.534. The molecule has 122 valence electrons. The standard InChI is InChI=1S/C13H20BrN4O4/c1-7(2)22-6-8(19)5-18-9-10(15-12(18)14)16(3)13(21)17(4)11(9)20/h7-9,19H,5-6H2,1-4H3/q+1. The van der Waals surface area contributed by atoms with Gasteiger partial charge in [0.15, 0.2) is 0 Å². The van der Waals surface area contributed by atoms with E-state index in [0.29, 0.717) is 10.6 Å². The number of halogens is 1. The maximum Gasteiger partial charge on any atom is 0.364 e. The lowest BCUT2D eigenvalue weighted by molar-refractivity contribution is -0.541. The van der Waals surface area contributed by atoms with Crippen LogP contribution >= 0.6 is 15.9 Å². The van der Waals surface area contributed by atoms with Gasteiger partial charge in [0.1, 0.15) is 12.6 Å². The fraction of sp³-hybridized carbons (Fsp3) is 0.692. The number of likely N-dealkylation sites (N-methyl/N-ethyl adjacent to an activating group) is 2. The Morgan fingerprint density at radius 2 is 2.00 bits per heavy atom. The lowest BCUT2D eigenvalue weighted by Gasteiger charge is -2.31. The van der Waals surface area contributed by atoms with Gasteiger partial charge in [0, 0.05) is 14.1 Å². The van der Waals surface area contributed by atoms with Crippen LogP contribution in [0.5, 0.6) is 0 Å². The van der Waals surface area contributed by atoms with Gasteiger partial charge in [0.05, 0.1) is 28.6 Å². The summed E-state index contributed by atoms with van der Waals surface area (Å²) >= 11 is 3.29. The summed E-state index contributed by atoms with van der Waals surface area (Å²) < 4.78 is 7.42. The Kier molecular flexibility index (Phi) is 4.98. The molecule has 2 aliphatic rings. The number of ether oxygens (including phenoxy) is 1. The van der Waals surface area contributed by atoms with Crippen molar-refractivity contribution in [3.63, 3.8) is 0 Å². The first kappa shape index (κ1) is 17.0.